The minimum atomic E-state index is 0.482. The van der Waals surface area contributed by atoms with Crippen LogP contribution in [0.25, 0.3) is 0 Å². The summed E-state index contributed by atoms with van der Waals surface area (Å²) in [5.41, 5.74) is 4.04. The average molecular weight is 272 g/mol. The highest BCUT2D eigenvalue weighted by Crippen LogP contribution is 2.51. The van der Waals surface area contributed by atoms with Gasteiger partial charge in [0.2, 0.25) is 0 Å². The van der Waals surface area contributed by atoms with Gasteiger partial charge in [-0.25, -0.2) is 0 Å². The number of rotatable bonds is 5. The minimum Gasteiger partial charge on any atom is -0.0620 e. The molecule has 0 heteroatoms. The molecule has 1 fully saturated rings. The smallest absolute Gasteiger partial charge is 0.0275 e. The van der Waals surface area contributed by atoms with E-state index in [4.69, 9.17) is 0 Å². The molecule has 1 aliphatic carbocycles. The predicted octanol–water partition coefficient (Wildman–Crippen LogP) is 6.31. The summed E-state index contributed by atoms with van der Waals surface area (Å²) in [7, 11) is 0. The molecule has 0 saturated heterocycles. The molecule has 0 radical (unpaired) electrons. The second kappa shape index (κ2) is 6.33. The fourth-order valence-electron chi connectivity index (χ4n) is 3.92. The third-order valence-corrected chi connectivity index (χ3v) is 6.10. The third-order valence-electron chi connectivity index (χ3n) is 6.10. The molecule has 2 rings (SSSR count). The van der Waals surface area contributed by atoms with E-state index < -0.39 is 0 Å². The molecular weight excluding hydrogens is 240 g/mol. The highest BCUT2D eigenvalue weighted by molar-refractivity contribution is 5.25. The Labute approximate surface area is 126 Å². The van der Waals surface area contributed by atoms with Crippen molar-refractivity contribution in [3.05, 3.63) is 35.4 Å². The van der Waals surface area contributed by atoms with Gasteiger partial charge in [0.25, 0.3) is 0 Å². The standard InChI is InChI=1S/C20H32/c1-17-11-6-7-12-18(17)13-10-14-19(2,3)20(4)15-8-5-9-16-20/h6-7,11-12H,5,8-10,13-16H2,1-4H3. The maximum absolute atomic E-state index is 2.54. The van der Waals surface area contributed by atoms with E-state index in [1.165, 1.54) is 62.5 Å². The van der Waals surface area contributed by atoms with E-state index in [1.807, 2.05) is 0 Å². The van der Waals surface area contributed by atoms with Crippen LogP contribution in [0.15, 0.2) is 24.3 Å². The van der Waals surface area contributed by atoms with Crippen LogP contribution in [0.2, 0.25) is 0 Å². The van der Waals surface area contributed by atoms with E-state index in [-0.39, 0.29) is 0 Å². The maximum Gasteiger partial charge on any atom is -0.0275 e. The van der Waals surface area contributed by atoms with Crippen molar-refractivity contribution < 1.29 is 0 Å². The van der Waals surface area contributed by atoms with Crippen LogP contribution in [-0.4, -0.2) is 0 Å². The summed E-state index contributed by atoms with van der Waals surface area (Å²) >= 11 is 0. The van der Waals surface area contributed by atoms with Gasteiger partial charge in [-0.1, -0.05) is 64.3 Å². The fourth-order valence-corrected chi connectivity index (χ4v) is 3.92. The first-order chi connectivity index (χ1) is 9.45. The second-order valence-corrected chi connectivity index (χ2v) is 7.79. The molecule has 0 atom stereocenters. The van der Waals surface area contributed by atoms with Gasteiger partial charge in [0.05, 0.1) is 0 Å². The molecule has 0 N–H and O–H groups in total. The molecule has 0 nitrogen and oxygen atoms in total. The van der Waals surface area contributed by atoms with E-state index in [0.717, 1.165) is 0 Å². The monoisotopic (exact) mass is 272 g/mol. The Balaban J connectivity index is 1.90. The number of benzene rings is 1. The van der Waals surface area contributed by atoms with E-state index >= 15 is 0 Å². The molecule has 0 heterocycles. The lowest BCUT2D eigenvalue weighted by atomic mass is 9.58. The van der Waals surface area contributed by atoms with Crippen LogP contribution in [0.4, 0.5) is 0 Å². The summed E-state index contributed by atoms with van der Waals surface area (Å²) in [5, 5.41) is 0. The molecule has 0 unspecified atom stereocenters. The number of hydrogen-bond acceptors (Lipinski definition) is 0. The van der Waals surface area contributed by atoms with Gasteiger partial charge in [0.15, 0.2) is 0 Å². The first-order valence-electron chi connectivity index (χ1n) is 8.49. The van der Waals surface area contributed by atoms with Crippen LogP contribution < -0.4 is 0 Å². The topological polar surface area (TPSA) is 0 Å². The molecule has 0 spiro atoms. The van der Waals surface area contributed by atoms with Crippen LogP contribution in [0.5, 0.6) is 0 Å². The Bertz CT molecular complexity index is 421. The first kappa shape index (κ1) is 15.6. The number of aryl methyl sites for hydroxylation is 2. The molecular formula is C20H32. The van der Waals surface area contributed by atoms with E-state index in [0.29, 0.717) is 10.8 Å². The van der Waals surface area contributed by atoms with Crippen LogP contribution in [-0.2, 0) is 6.42 Å². The van der Waals surface area contributed by atoms with Gasteiger partial charge in [-0.3, -0.25) is 0 Å². The van der Waals surface area contributed by atoms with Gasteiger partial charge in [-0.15, -0.1) is 0 Å². The Morgan fingerprint density at radius 1 is 1.05 bits per heavy atom. The van der Waals surface area contributed by atoms with Crippen molar-refractivity contribution in [1.29, 1.82) is 0 Å². The second-order valence-electron chi connectivity index (χ2n) is 7.79. The zero-order valence-corrected chi connectivity index (χ0v) is 14.0. The molecule has 20 heavy (non-hydrogen) atoms. The summed E-state index contributed by atoms with van der Waals surface area (Å²) in [5.74, 6) is 0. The Kier molecular flexibility index (Phi) is 4.94. The molecule has 1 saturated carbocycles. The van der Waals surface area contributed by atoms with E-state index in [1.54, 1.807) is 0 Å². The molecule has 1 aromatic rings. The largest absolute Gasteiger partial charge is 0.0620 e. The van der Waals surface area contributed by atoms with E-state index in [2.05, 4.69) is 52.0 Å². The summed E-state index contributed by atoms with van der Waals surface area (Å²) < 4.78 is 0. The van der Waals surface area contributed by atoms with Crippen molar-refractivity contribution in [1.82, 2.24) is 0 Å². The van der Waals surface area contributed by atoms with Crippen LogP contribution in [0.1, 0.15) is 76.8 Å². The predicted molar refractivity (Wildman–Crippen MR) is 89.1 cm³/mol. The Morgan fingerprint density at radius 3 is 2.35 bits per heavy atom. The van der Waals surface area contributed by atoms with Crippen LogP contribution >= 0.6 is 0 Å². The third kappa shape index (κ3) is 3.45. The van der Waals surface area contributed by atoms with Crippen LogP contribution in [0, 0.1) is 17.8 Å². The summed E-state index contributed by atoms with van der Waals surface area (Å²) in [6.45, 7) is 9.80. The highest BCUT2D eigenvalue weighted by Gasteiger charge is 2.40. The lowest BCUT2D eigenvalue weighted by Crippen LogP contribution is -2.37. The van der Waals surface area contributed by atoms with Crippen molar-refractivity contribution in [2.75, 3.05) is 0 Å². The van der Waals surface area contributed by atoms with E-state index in [9.17, 15) is 0 Å². The Hall–Kier alpha value is -0.780. The Morgan fingerprint density at radius 2 is 1.70 bits per heavy atom. The summed E-state index contributed by atoms with van der Waals surface area (Å²) in [4.78, 5) is 0. The van der Waals surface area contributed by atoms with Crippen molar-refractivity contribution >= 4 is 0 Å². The normalized spacial score (nSPS) is 19.0. The SMILES string of the molecule is Cc1ccccc1CCCC(C)(C)C1(C)CCCCC1. The van der Waals surface area contributed by atoms with Gasteiger partial charge in [0, 0.05) is 0 Å². The quantitative estimate of drug-likeness (QED) is 0.589. The lowest BCUT2D eigenvalue weighted by molar-refractivity contribution is 0.0346. The first-order valence-corrected chi connectivity index (χ1v) is 8.49. The molecule has 1 aliphatic rings. The lowest BCUT2D eigenvalue weighted by Gasteiger charge is -2.47. The van der Waals surface area contributed by atoms with Crippen molar-refractivity contribution in [3.63, 3.8) is 0 Å². The van der Waals surface area contributed by atoms with Gasteiger partial charge in [-0.2, -0.15) is 0 Å². The van der Waals surface area contributed by atoms with Crippen LogP contribution in [0.3, 0.4) is 0 Å². The van der Waals surface area contributed by atoms with Crippen molar-refractivity contribution in [3.8, 4) is 0 Å². The molecule has 0 bridgehead atoms. The van der Waals surface area contributed by atoms with Gasteiger partial charge < -0.3 is 0 Å². The average Bonchev–Trinajstić information content (AvgIpc) is 2.41. The fraction of sp³-hybridized carbons (Fsp3) is 0.700. The summed E-state index contributed by atoms with van der Waals surface area (Å²) in [6.07, 6.45) is 11.1. The number of hydrogen-bond donors (Lipinski definition) is 0. The van der Waals surface area contributed by atoms with Crippen molar-refractivity contribution in [2.45, 2.75) is 79.1 Å². The van der Waals surface area contributed by atoms with Gasteiger partial charge >= 0.3 is 0 Å². The molecule has 1 aromatic carbocycles. The zero-order valence-electron chi connectivity index (χ0n) is 14.0. The molecule has 112 valence electrons. The molecule has 0 aromatic heterocycles. The molecule has 0 aliphatic heterocycles. The van der Waals surface area contributed by atoms with Crippen molar-refractivity contribution in [2.24, 2.45) is 10.8 Å². The van der Waals surface area contributed by atoms with Gasteiger partial charge in [0.1, 0.15) is 0 Å². The highest BCUT2D eigenvalue weighted by atomic mass is 14.5. The summed E-state index contributed by atoms with van der Waals surface area (Å²) in [6, 6.07) is 8.86. The minimum absolute atomic E-state index is 0.482. The molecule has 0 amide bonds. The maximum atomic E-state index is 2.54. The zero-order chi connectivity index (χ0) is 14.6. The van der Waals surface area contributed by atoms with Gasteiger partial charge in [-0.05, 0) is 61.0 Å².